The summed E-state index contributed by atoms with van der Waals surface area (Å²) in [5.74, 6) is 0.0871. The lowest BCUT2D eigenvalue weighted by molar-refractivity contribution is 0.279. The van der Waals surface area contributed by atoms with E-state index >= 15 is 0 Å². The van der Waals surface area contributed by atoms with Crippen molar-refractivity contribution in [3.8, 4) is 5.75 Å². The quantitative estimate of drug-likeness (QED) is 0.466. The van der Waals surface area contributed by atoms with Gasteiger partial charge in [0.15, 0.2) is 0 Å². The monoisotopic (exact) mass is 376 g/mol. The second-order valence-electron chi connectivity index (χ2n) is 7.63. The predicted molar refractivity (Wildman–Crippen MR) is 110 cm³/mol. The van der Waals surface area contributed by atoms with Gasteiger partial charge < -0.3 is 21.3 Å². The van der Waals surface area contributed by atoms with Gasteiger partial charge in [-0.1, -0.05) is 38.5 Å². The molecular formula is C21H36N4O2. The second-order valence-corrected chi connectivity index (χ2v) is 7.63. The van der Waals surface area contributed by atoms with E-state index in [1.54, 1.807) is 6.92 Å². The molecule has 5 N–H and O–H groups in total. The summed E-state index contributed by atoms with van der Waals surface area (Å²) in [6.45, 7) is 1.76. The maximum absolute atomic E-state index is 9.46. The zero-order valence-electron chi connectivity index (χ0n) is 16.7. The molecule has 1 aromatic rings. The fraction of sp³-hybridized carbons (Fsp3) is 0.714. The number of hydrogen-bond acceptors (Lipinski definition) is 5. The first-order valence-electron chi connectivity index (χ1n) is 10.4. The van der Waals surface area contributed by atoms with E-state index in [0.717, 1.165) is 0 Å². The number of aliphatic hydroxyl groups is 1. The van der Waals surface area contributed by atoms with Crippen molar-refractivity contribution in [1.82, 2.24) is 10.3 Å². The van der Waals surface area contributed by atoms with Gasteiger partial charge >= 0.3 is 0 Å². The summed E-state index contributed by atoms with van der Waals surface area (Å²) in [5, 5.41) is 21.8. The van der Waals surface area contributed by atoms with E-state index in [0.29, 0.717) is 28.9 Å². The third-order valence-corrected chi connectivity index (χ3v) is 5.58. The number of nitrogens with two attached hydrogens (primary N) is 1. The Labute approximate surface area is 163 Å². The summed E-state index contributed by atoms with van der Waals surface area (Å²) >= 11 is 0. The molecule has 0 saturated heterocycles. The van der Waals surface area contributed by atoms with Crippen molar-refractivity contribution in [3.63, 3.8) is 0 Å². The third kappa shape index (κ3) is 7.11. The van der Waals surface area contributed by atoms with Crippen LogP contribution < -0.4 is 11.1 Å². The summed E-state index contributed by atoms with van der Waals surface area (Å²) in [5.41, 5.74) is 7.09. The topological polar surface area (TPSA) is 104 Å². The Balaban J connectivity index is 0.000000199. The van der Waals surface area contributed by atoms with Crippen LogP contribution in [0.2, 0.25) is 0 Å². The van der Waals surface area contributed by atoms with Crippen LogP contribution in [0.4, 0.5) is 0 Å². The maximum atomic E-state index is 9.46. The van der Waals surface area contributed by atoms with Crippen LogP contribution in [0.3, 0.4) is 0 Å². The number of aliphatic imine (C=N–C) groups is 1. The minimum absolute atomic E-state index is 0.0871. The van der Waals surface area contributed by atoms with Crippen LogP contribution in [-0.2, 0) is 13.2 Å². The van der Waals surface area contributed by atoms with E-state index in [1.165, 1.54) is 70.4 Å². The zero-order chi connectivity index (χ0) is 19.5. The molecule has 6 heteroatoms. The molecule has 0 spiro atoms. The fourth-order valence-corrected chi connectivity index (χ4v) is 3.80. The van der Waals surface area contributed by atoms with Crippen molar-refractivity contribution >= 4 is 6.34 Å². The van der Waals surface area contributed by atoms with Crippen molar-refractivity contribution in [2.24, 2.45) is 10.7 Å². The molecule has 6 nitrogen and oxygen atoms in total. The zero-order valence-corrected chi connectivity index (χ0v) is 16.7. The van der Waals surface area contributed by atoms with Gasteiger partial charge in [-0.2, -0.15) is 0 Å². The summed E-state index contributed by atoms with van der Waals surface area (Å²) in [6, 6.07) is 1.33. The van der Waals surface area contributed by atoms with E-state index < -0.39 is 0 Å². The first-order chi connectivity index (χ1) is 13.2. The lowest BCUT2D eigenvalue weighted by Gasteiger charge is -2.22. The average Bonchev–Trinajstić information content (AvgIpc) is 2.72. The number of aromatic nitrogens is 1. The van der Waals surface area contributed by atoms with Crippen LogP contribution in [0.25, 0.3) is 0 Å². The predicted octanol–water partition coefficient (Wildman–Crippen LogP) is 3.32. The molecule has 2 aliphatic carbocycles. The molecule has 0 aliphatic heterocycles. The van der Waals surface area contributed by atoms with Gasteiger partial charge in [-0.15, -0.1) is 0 Å². The van der Waals surface area contributed by atoms with E-state index in [4.69, 9.17) is 10.8 Å². The van der Waals surface area contributed by atoms with E-state index in [9.17, 15) is 5.11 Å². The van der Waals surface area contributed by atoms with Gasteiger partial charge in [0.1, 0.15) is 5.75 Å². The van der Waals surface area contributed by atoms with Crippen LogP contribution in [0.5, 0.6) is 5.75 Å². The molecule has 0 amide bonds. The molecule has 2 fully saturated rings. The molecule has 3 rings (SSSR count). The van der Waals surface area contributed by atoms with E-state index in [-0.39, 0.29) is 18.9 Å². The lowest BCUT2D eigenvalue weighted by Crippen LogP contribution is -2.30. The summed E-state index contributed by atoms with van der Waals surface area (Å²) < 4.78 is 0. The number of nitrogens with zero attached hydrogens (tertiary/aromatic N) is 2. The van der Waals surface area contributed by atoms with Gasteiger partial charge in [-0.05, 0) is 32.6 Å². The molecule has 27 heavy (non-hydrogen) atoms. The fourth-order valence-electron chi connectivity index (χ4n) is 3.80. The Hall–Kier alpha value is -1.66. The van der Waals surface area contributed by atoms with Gasteiger partial charge in [0.2, 0.25) is 0 Å². The van der Waals surface area contributed by atoms with Crippen molar-refractivity contribution in [2.75, 3.05) is 0 Å². The molecule has 2 saturated carbocycles. The minimum Gasteiger partial charge on any atom is -0.506 e. The van der Waals surface area contributed by atoms with E-state index in [1.807, 2.05) is 6.34 Å². The highest BCUT2D eigenvalue weighted by Crippen LogP contribution is 2.23. The first-order valence-corrected chi connectivity index (χ1v) is 10.4. The Kier molecular flexibility index (Phi) is 9.56. The highest BCUT2D eigenvalue weighted by atomic mass is 16.3. The van der Waals surface area contributed by atoms with Gasteiger partial charge in [0, 0.05) is 29.9 Å². The maximum Gasteiger partial charge on any atom is 0.141 e. The molecule has 0 radical (unpaired) electrons. The van der Waals surface area contributed by atoms with Gasteiger partial charge in [0.05, 0.1) is 24.7 Å². The number of aromatic hydroxyl groups is 1. The van der Waals surface area contributed by atoms with Crippen LogP contribution in [0.15, 0.2) is 11.2 Å². The van der Waals surface area contributed by atoms with Gasteiger partial charge in [-0.25, -0.2) is 0 Å². The van der Waals surface area contributed by atoms with Gasteiger partial charge in [0.25, 0.3) is 0 Å². The molecule has 152 valence electrons. The highest BCUT2D eigenvalue weighted by Gasteiger charge is 2.13. The Morgan fingerprint density at radius 2 is 1.78 bits per heavy atom. The molecule has 2 aliphatic rings. The van der Waals surface area contributed by atoms with Crippen LogP contribution in [0.1, 0.15) is 81.0 Å². The summed E-state index contributed by atoms with van der Waals surface area (Å²) in [7, 11) is 0. The normalized spacial score (nSPS) is 18.9. The molecule has 0 aromatic carbocycles. The molecule has 0 bridgehead atoms. The number of aryl methyl sites for hydroxylation is 1. The minimum atomic E-state index is -0.145. The second kappa shape index (κ2) is 11.9. The van der Waals surface area contributed by atoms with Crippen LogP contribution in [-0.4, -0.2) is 33.6 Å². The lowest BCUT2D eigenvalue weighted by atomic mass is 9.95. The Morgan fingerprint density at radius 3 is 2.37 bits per heavy atom. The summed E-state index contributed by atoms with van der Waals surface area (Å²) in [4.78, 5) is 8.53. The first kappa shape index (κ1) is 21.6. The average molecular weight is 377 g/mol. The third-order valence-electron chi connectivity index (χ3n) is 5.58. The van der Waals surface area contributed by atoms with Crippen molar-refractivity contribution in [3.05, 3.63) is 23.0 Å². The Morgan fingerprint density at radius 1 is 1.15 bits per heavy atom. The van der Waals surface area contributed by atoms with Crippen molar-refractivity contribution in [1.29, 1.82) is 0 Å². The number of rotatable bonds is 5. The number of aliphatic hydroxyl groups excluding tert-OH is 1. The molecular weight excluding hydrogens is 340 g/mol. The SMILES string of the molecule is C(=NC1CCCCC1)NC1CCCCC1.Cc1ncc(CO)c(CN)c1O. The molecule has 1 aromatic heterocycles. The number of hydrogen-bond donors (Lipinski definition) is 4. The summed E-state index contributed by atoms with van der Waals surface area (Å²) in [6.07, 6.45) is 17.2. The standard InChI is InChI=1S/C13H24N2.C8H12N2O2/c1-3-7-12(8-4-1)14-11-15-13-9-5-2-6-10-13;1-5-8(12)7(2-9)6(4-11)3-10-5/h11-13H,1-10H2,(H,14,15);3,11-12H,2,4,9H2,1H3. The molecule has 0 atom stereocenters. The molecule has 1 heterocycles. The van der Waals surface area contributed by atoms with Crippen molar-refractivity contribution in [2.45, 2.75) is 96.4 Å². The Bertz CT molecular complexity index is 580. The number of nitrogens with one attached hydrogen (secondary N) is 1. The highest BCUT2D eigenvalue weighted by molar-refractivity contribution is 5.55. The number of pyridine rings is 1. The van der Waals surface area contributed by atoms with E-state index in [2.05, 4.69) is 15.3 Å². The van der Waals surface area contributed by atoms with Gasteiger partial charge in [-0.3, -0.25) is 9.98 Å². The van der Waals surface area contributed by atoms with Crippen LogP contribution >= 0.6 is 0 Å². The largest absolute Gasteiger partial charge is 0.506 e. The van der Waals surface area contributed by atoms with Crippen LogP contribution in [0, 0.1) is 6.92 Å². The van der Waals surface area contributed by atoms with Crippen molar-refractivity contribution < 1.29 is 10.2 Å². The smallest absolute Gasteiger partial charge is 0.141 e. The molecule has 0 unspecified atom stereocenters.